The molecular formula is C15H22N4O2. The van der Waals surface area contributed by atoms with Crippen LogP contribution in [0.3, 0.4) is 0 Å². The van der Waals surface area contributed by atoms with E-state index < -0.39 is 0 Å². The largest absolute Gasteiger partial charge is 0.359 e. The maximum Gasteiger partial charge on any atom is 0.238 e. The van der Waals surface area contributed by atoms with Gasteiger partial charge in [0.25, 0.3) is 0 Å². The molecule has 1 heterocycles. The molecule has 0 aliphatic carbocycles. The fourth-order valence-electron chi connectivity index (χ4n) is 2.32. The standard InChI is InChI=1S/C15H22N4O2/c1-16-14(20)10-12-4-2-3-5-13(12)18-15(21)11-19-8-6-17-7-9-19/h2-5,17H,6-11H2,1H3,(H,16,20)(H,18,21). The van der Waals surface area contributed by atoms with E-state index in [-0.39, 0.29) is 18.2 Å². The number of piperazine rings is 1. The van der Waals surface area contributed by atoms with Crippen molar-refractivity contribution in [3.63, 3.8) is 0 Å². The molecule has 0 atom stereocenters. The van der Waals surface area contributed by atoms with Gasteiger partial charge in [-0.05, 0) is 11.6 Å². The van der Waals surface area contributed by atoms with E-state index >= 15 is 0 Å². The molecule has 114 valence electrons. The zero-order valence-corrected chi connectivity index (χ0v) is 12.3. The number of para-hydroxylation sites is 1. The predicted octanol–water partition coefficient (Wildman–Crippen LogP) is -0.181. The van der Waals surface area contributed by atoms with Crippen LogP contribution >= 0.6 is 0 Å². The lowest BCUT2D eigenvalue weighted by molar-refractivity contribution is -0.120. The van der Waals surface area contributed by atoms with Gasteiger partial charge in [-0.25, -0.2) is 0 Å². The summed E-state index contributed by atoms with van der Waals surface area (Å²) in [4.78, 5) is 25.7. The number of hydrogen-bond acceptors (Lipinski definition) is 4. The van der Waals surface area contributed by atoms with Gasteiger partial charge < -0.3 is 16.0 Å². The lowest BCUT2D eigenvalue weighted by atomic mass is 10.1. The van der Waals surface area contributed by atoms with Crippen LogP contribution in [0.5, 0.6) is 0 Å². The SMILES string of the molecule is CNC(=O)Cc1ccccc1NC(=O)CN1CCNCC1. The number of nitrogens with zero attached hydrogens (tertiary/aromatic N) is 1. The van der Waals surface area contributed by atoms with Gasteiger partial charge >= 0.3 is 0 Å². The summed E-state index contributed by atoms with van der Waals surface area (Å²) in [6.07, 6.45) is 0.264. The first-order valence-corrected chi connectivity index (χ1v) is 7.20. The van der Waals surface area contributed by atoms with Crippen molar-refractivity contribution in [1.82, 2.24) is 15.5 Å². The van der Waals surface area contributed by atoms with Crippen LogP contribution in [-0.2, 0) is 16.0 Å². The lowest BCUT2D eigenvalue weighted by Crippen LogP contribution is -2.46. The molecule has 21 heavy (non-hydrogen) atoms. The highest BCUT2D eigenvalue weighted by Gasteiger charge is 2.15. The Morgan fingerprint density at radius 3 is 2.62 bits per heavy atom. The fraction of sp³-hybridized carbons (Fsp3) is 0.467. The normalized spacial score (nSPS) is 15.5. The van der Waals surface area contributed by atoms with Crippen LogP contribution in [-0.4, -0.2) is 56.5 Å². The minimum absolute atomic E-state index is 0.0405. The van der Waals surface area contributed by atoms with Gasteiger partial charge in [0.15, 0.2) is 0 Å². The van der Waals surface area contributed by atoms with E-state index in [1.807, 2.05) is 24.3 Å². The maximum atomic E-state index is 12.1. The highest BCUT2D eigenvalue weighted by Crippen LogP contribution is 2.15. The van der Waals surface area contributed by atoms with E-state index in [2.05, 4.69) is 20.9 Å². The number of anilines is 1. The van der Waals surface area contributed by atoms with Crippen LogP contribution in [0.4, 0.5) is 5.69 Å². The van der Waals surface area contributed by atoms with Crippen LogP contribution in [0.1, 0.15) is 5.56 Å². The molecule has 1 fully saturated rings. The molecule has 2 amide bonds. The summed E-state index contributed by atoms with van der Waals surface area (Å²) in [6, 6.07) is 7.40. The maximum absolute atomic E-state index is 12.1. The Hall–Kier alpha value is -1.92. The molecule has 0 unspecified atom stereocenters. The Balaban J connectivity index is 1.94. The summed E-state index contributed by atoms with van der Waals surface area (Å²) in [5.74, 6) is -0.111. The second-order valence-corrected chi connectivity index (χ2v) is 5.08. The number of benzene rings is 1. The molecule has 0 saturated carbocycles. The molecule has 0 radical (unpaired) electrons. The molecular weight excluding hydrogens is 268 g/mol. The Morgan fingerprint density at radius 1 is 1.19 bits per heavy atom. The van der Waals surface area contributed by atoms with Gasteiger partial charge in [-0.15, -0.1) is 0 Å². The van der Waals surface area contributed by atoms with Gasteiger partial charge in [0, 0.05) is 38.9 Å². The van der Waals surface area contributed by atoms with Gasteiger partial charge in [-0.3, -0.25) is 14.5 Å². The second-order valence-electron chi connectivity index (χ2n) is 5.08. The highest BCUT2D eigenvalue weighted by atomic mass is 16.2. The zero-order valence-electron chi connectivity index (χ0n) is 12.3. The molecule has 6 heteroatoms. The summed E-state index contributed by atoms with van der Waals surface area (Å²) < 4.78 is 0. The topological polar surface area (TPSA) is 73.5 Å². The van der Waals surface area contributed by atoms with Crippen LogP contribution in [0, 0.1) is 0 Å². The molecule has 1 aromatic rings. The zero-order chi connectivity index (χ0) is 15.1. The van der Waals surface area contributed by atoms with Crippen molar-refractivity contribution < 1.29 is 9.59 Å². The molecule has 1 aromatic carbocycles. The minimum Gasteiger partial charge on any atom is -0.359 e. The average Bonchev–Trinajstić information content (AvgIpc) is 2.50. The molecule has 6 nitrogen and oxygen atoms in total. The lowest BCUT2D eigenvalue weighted by Gasteiger charge is -2.26. The third kappa shape index (κ3) is 4.84. The van der Waals surface area contributed by atoms with Gasteiger partial charge in [-0.1, -0.05) is 18.2 Å². The Kier molecular flexibility index (Phi) is 5.71. The first-order valence-electron chi connectivity index (χ1n) is 7.20. The molecule has 0 spiro atoms. The van der Waals surface area contributed by atoms with Crippen LogP contribution in [0.15, 0.2) is 24.3 Å². The minimum atomic E-state index is -0.0706. The van der Waals surface area contributed by atoms with Gasteiger partial charge in [0.2, 0.25) is 11.8 Å². The Morgan fingerprint density at radius 2 is 1.90 bits per heavy atom. The molecule has 0 bridgehead atoms. The first-order chi connectivity index (χ1) is 10.2. The fourth-order valence-corrected chi connectivity index (χ4v) is 2.32. The highest BCUT2D eigenvalue weighted by molar-refractivity contribution is 5.94. The summed E-state index contributed by atoms with van der Waals surface area (Å²) >= 11 is 0. The average molecular weight is 290 g/mol. The Labute approximate surface area is 124 Å². The number of carbonyl (C=O) groups excluding carboxylic acids is 2. The third-order valence-corrected chi connectivity index (χ3v) is 3.50. The van der Waals surface area contributed by atoms with Crippen molar-refractivity contribution in [3.05, 3.63) is 29.8 Å². The van der Waals surface area contributed by atoms with Gasteiger partial charge in [0.05, 0.1) is 13.0 Å². The van der Waals surface area contributed by atoms with Crippen molar-refractivity contribution in [2.45, 2.75) is 6.42 Å². The predicted molar refractivity (Wildman–Crippen MR) is 82.2 cm³/mol. The van der Waals surface area contributed by atoms with Crippen LogP contribution in [0.25, 0.3) is 0 Å². The van der Waals surface area contributed by atoms with Crippen molar-refractivity contribution in [3.8, 4) is 0 Å². The van der Waals surface area contributed by atoms with Crippen molar-refractivity contribution >= 4 is 17.5 Å². The number of rotatable bonds is 5. The van der Waals surface area contributed by atoms with E-state index in [0.717, 1.165) is 31.7 Å². The Bertz CT molecular complexity index is 498. The molecule has 1 aliphatic rings. The molecule has 1 saturated heterocycles. The summed E-state index contributed by atoms with van der Waals surface area (Å²) in [6.45, 7) is 3.98. The van der Waals surface area contributed by atoms with Crippen molar-refractivity contribution in [1.29, 1.82) is 0 Å². The van der Waals surface area contributed by atoms with Crippen LogP contribution < -0.4 is 16.0 Å². The number of carbonyl (C=O) groups is 2. The van der Waals surface area contributed by atoms with E-state index in [4.69, 9.17) is 0 Å². The molecule has 1 aliphatic heterocycles. The number of likely N-dealkylation sites (N-methyl/N-ethyl adjacent to an activating group) is 1. The summed E-state index contributed by atoms with van der Waals surface area (Å²) in [5.41, 5.74) is 1.53. The number of amides is 2. The van der Waals surface area contributed by atoms with Crippen molar-refractivity contribution in [2.75, 3.05) is 45.1 Å². The molecule has 2 rings (SSSR count). The second kappa shape index (κ2) is 7.75. The first kappa shape index (κ1) is 15.5. The number of hydrogen-bond donors (Lipinski definition) is 3. The molecule has 0 aromatic heterocycles. The van der Waals surface area contributed by atoms with E-state index in [0.29, 0.717) is 12.2 Å². The third-order valence-electron chi connectivity index (χ3n) is 3.50. The quantitative estimate of drug-likeness (QED) is 0.703. The van der Waals surface area contributed by atoms with E-state index in [1.54, 1.807) is 7.05 Å². The van der Waals surface area contributed by atoms with Crippen molar-refractivity contribution in [2.24, 2.45) is 0 Å². The monoisotopic (exact) mass is 290 g/mol. The van der Waals surface area contributed by atoms with E-state index in [1.165, 1.54) is 0 Å². The van der Waals surface area contributed by atoms with Gasteiger partial charge in [0.1, 0.15) is 0 Å². The van der Waals surface area contributed by atoms with E-state index in [9.17, 15) is 9.59 Å². The molecule has 3 N–H and O–H groups in total. The summed E-state index contributed by atoms with van der Waals surface area (Å²) in [7, 11) is 1.61. The van der Waals surface area contributed by atoms with Crippen LogP contribution in [0.2, 0.25) is 0 Å². The van der Waals surface area contributed by atoms with Gasteiger partial charge in [-0.2, -0.15) is 0 Å². The number of nitrogens with one attached hydrogen (secondary N) is 3. The summed E-state index contributed by atoms with van der Waals surface area (Å²) in [5, 5.41) is 8.76. The smallest absolute Gasteiger partial charge is 0.238 e.